The van der Waals surface area contributed by atoms with Crippen LogP contribution in [0, 0.1) is 5.92 Å². The zero-order valence-corrected chi connectivity index (χ0v) is 18.2. The van der Waals surface area contributed by atoms with Crippen molar-refractivity contribution in [1.82, 2.24) is 24.7 Å². The van der Waals surface area contributed by atoms with Gasteiger partial charge in [-0.3, -0.25) is 4.79 Å². The molecular weight excluding hydrogens is 394 g/mol. The van der Waals surface area contributed by atoms with Crippen LogP contribution in [0.4, 0.5) is 5.69 Å². The third-order valence-electron chi connectivity index (χ3n) is 6.70. The summed E-state index contributed by atoms with van der Waals surface area (Å²) in [6.07, 6.45) is 6.28. The predicted octanol–water partition coefficient (Wildman–Crippen LogP) is 2.09. The third kappa shape index (κ3) is 3.37. The lowest BCUT2D eigenvalue weighted by atomic mass is 10.1. The monoisotopic (exact) mass is 423 g/mol. The number of carbonyl (C=O) groups is 1. The van der Waals surface area contributed by atoms with Crippen LogP contribution in [0.2, 0.25) is 0 Å². The third-order valence-corrected chi connectivity index (χ3v) is 6.70. The van der Waals surface area contributed by atoms with Crippen LogP contribution in [-0.4, -0.2) is 69.8 Å². The van der Waals surface area contributed by atoms with Crippen molar-refractivity contribution < 1.29 is 4.79 Å². The smallest absolute Gasteiger partial charge is 0.323 e. The highest BCUT2D eigenvalue weighted by atomic mass is 16.2. The topological polar surface area (TPSA) is 99.8 Å². The summed E-state index contributed by atoms with van der Waals surface area (Å²) in [7, 11) is 3.87. The molecule has 1 saturated carbocycles. The van der Waals surface area contributed by atoms with Gasteiger partial charge in [0.2, 0.25) is 5.91 Å². The van der Waals surface area contributed by atoms with Crippen LogP contribution >= 0.6 is 0 Å². The molecule has 5 rings (SSSR count). The van der Waals surface area contributed by atoms with Crippen LogP contribution < -0.4 is 11.0 Å². The Kier molecular flexibility index (Phi) is 4.75. The molecule has 1 aromatic carbocycles. The van der Waals surface area contributed by atoms with Gasteiger partial charge < -0.3 is 30.0 Å². The van der Waals surface area contributed by atoms with Crippen LogP contribution in [0.5, 0.6) is 0 Å². The first kappa shape index (κ1) is 19.7. The molecule has 0 spiro atoms. The van der Waals surface area contributed by atoms with Gasteiger partial charge in [-0.25, -0.2) is 9.79 Å². The fraction of sp³-hybridized carbons (Fsp3) is 0.500. The fourth-order valence-electron chi connectivity index (χ4n) is 5.03. The molecule has 0 saturated heterocycles. The van der Waals surface area contributed by atoms with Crippen molar-refractivity contribution in [3.05, 3.63) is 40.2 Å². The summed E-state index contributed by atoms with van der Waals surface area (Å²) < 4.78 is 0. The number of hydrogen-bond donors (Lipinski definition) is 3. The Morgan fingerprint density at radius 2 is 1.84 bits per heavy atom. The van der Waals surface area contributed by atoms with Crippen molar-refractivity contribution in [3.8, 4) is 0 Å². The predicted molar refractivity (Wildman–Crippen MR) is 121 cm³/mol. The van der Waals surface area contributed by atoms with E-state index in [4.69, 9.17) is 4.99 Å². The molecule has 164 valence electrons. The average Bonchev–Trinajstić information content (AvgIpc) is 3.39. The first-order valence-corrected chi connectivity index (χ1v) is 11.0. The molecule has 2 unspecified atom stereocenters. The number of H-pyrrole nitrogens is 2. The number of allylic oxidation sites excluding steroid dienone is 1. The number of aromatic nitrogens is 2. The van der Waals surface area contributed by atoms with Gasteiger partial charge in [0.25, 0.3) is 0 Å². The molecule has 9 nitrogen and oxygen atoms in total. The van der Waals surface area contributed by atoms with Gasteiger partial charge in [-0.15, -0.1) is 0 Å². The minimum Gasteiger partial charge on any atom is -0.353 e. The Balaban J connectivity index is 1.48. The maximum Gasteiger partial charge on any atom is 0.323 e. The second kappa shape index (κ2) is 7.47. The number of aliphatic imine (C=N–C) groups is 1. The minimum absolute atomic E-state index is 0.0720. The van der Waals surface area contributed by atoms with E-state index in [1.54, 1.807) is 4.90 Å². The number of carbonyl (C=O) groups excluding carboxylic acids is 1. The number of fused-ring (bicyclic) bond motifs is 1. The lowest BCUT2D eigenvalue weighted by Gasteiger charge is -2.42. The second-order valence-corrected chi connectivity index (χ2v) is 8.84. The molecule has 2 atom stereocenters. The number of benzene rings is 1. The number of rotatable bonds is 3. The number of aromatic amines is 2. The number of nitrogens with zero attached hydrogens (tertiary/aromatic N) is 4. The molecule has 0 radical (unpaired) electrons. The molecule has 3 aliphatic rings. The second-order valence-electron chi connectivity index (χ2n) is 8.84. The van der Waals surface area contributed by atoms with Crippen LogP contribution in [0.3, 0.4) is 0 Å². The summed E-state index contributed by atoms with van der Waals surface area (Å²) in [5.74, 6) is 1.11. The quantitative estimate of drug-likeness (QED) is 0.702. The van der Waals surface area contributed by atoms with Crippen LogP contribution in [-0.2, 0) is 4.79 Å². The van der Waals surface area contributed by atoms with E-state index in [1.165, 1.54) is 12.8 Å². The molecule has 1 fully saturated rings. The highest BCUT2D eigenvalue weighted by Gasteiger charge is 2.39. The summed E-state index contributed by atoms with van der Waals surface area (Å²) in [5.41, 5.74) is 3.01. The van der Waals surface area contributed by atoms with Crippen molar-refractivity contribution in [2.45, 2.75) is 44.9 Å². The molecule has 2 aromatic rings. The minimum atomic E-state index is -0.317. The maximum absolute atomic E-state index is 12.9. The van der Waals surface area contributed by atoms with E-state index in [0.29, 0.717) is 12.6 Å². The summed E-state index contributed by atoms with van der Waals surface area (Å²) in [6, 6.07) is 6.15. The molecule has 1 amide bonds. The van der Waals surface area contributed by atoms with Gasteiger partial charge in [-0.1, -0.05) is 19.8 Å². The van der Waals surface area contributed by atoms with Crippen molar-refractivity contribution in [2.24, 2.45) is 10.9 Å². The van der Waals surface area contributed by atoms with E-state index in [0.717, 1.165) is 41.1 Å². The van der Waals surface area contributed by atoms with E-state index < -0.39 is 0 Å². The average molecular weight is 424 g/mol. The van der Waals surface area contributed by atoms with Crippen molar-refractivity contribution in [3.63, 3.8) is 0 Å². The number of anilines is 1. The first-order valence-electron chi connectivity index (χ1n) is 11.0. The van der Waals surface area contributed by atoms with Gasteiger partial charge in [-0.05, 0) is 31.0 Å². The number of hydrogen-bond acceptors (Lipinski definition) is 6. The van der Waals surface area contributed by atoms with Crippen LogP contribution in [0.15, 0.2) is 39.5 Å². The van der Waals surface area contributed by atoms with Gasteiger partial charge in [-0.2, -0.15) is 0 Å². The van der Waals surface area contributed by atoms with Gasteiger partial charge in [0.1, 0.15) is 11.5 Å². The molecule has 0 bridgehead atoms. The number of imidazole rings is 1. The normalized spacial score (nSPS) is 24.9. The summed E-state index contributed by atoms with van der Waals surface area (Å²) in [5, 5.41) is 3.46. The lowest BCUT2D eigenvalue weighted by molar-refractivity contribution is -0.131. The zero-order chi connectivity index (χ0) is 21.7. The van der Waals surface area contributed by atoms with Crippen molar-refractivity contribution >= 4 is 28.8 Å². The van der Waals surface area contributed by atoms with Crippen LogP contribution in [0.1, 0.15) is 32.6 Å². The van der Waals surface area contributed by atoms with Gasteiger partial charge in [0.15, 0.2) is 6.29 Å². The lowest BCUT2D eigenvalue weighted by Crippen LogP contribution is -2.48. The van der Waals surface area contributed by atoms with E-state index in [9.17, 15) is 9.59 Å². The largest absolute Gasteiger partial charge is 0.353 e. The number of amides is 1. The molecule has 2 aliphatic heterocycles. The Hall–Kier alpha value is -3.23. The Labute approximate surface area is 180 Å². The molecule has 9 heteroatoms. The zero-order valence-electron chi connectivity index (χ0n) is 18.2. The van der Waals surface area contributed by atoms with E-state index >= 15 is 0 Å². The van der Waals surface area contributed by atoms with Gasteiger partial charge in [0.05, 0.1) is 23.2 Å². The van der Waals surface area contributed by atoms with E-state index in [2.05, 4.69) is 25.1 Å². The SMILES string of the molecule is CC1CN(C2CCCC2)C2=C(C=NC(Nc3ccc4[nH]c(=O)[nH]c4c3)N2C)N(C)C1=O. The van der Waals surface area contributed by atoms with Crippen molar-refractivity contribution in [1.29, 1.82) is 0 Å². The first-order chi connectivity index (χ1) is 14.9. The molecule has 1 aromatic heterocycles. The Morgan fingerprint density at radius 3 is 2.61 bits per heavy atom. The molecule has 31 heavy (non-hydrogen) atoms. The number of nitrogens with one attached hydrogen (secondary N) is 3. The highest BCUT2D eigenvalue weighted by Crippen LogP contribution is 2.34. The summed E-state index contributed by atoms with van der Waals surface area (Å²) >= 11 is 0. The summed E-state index contributed by atoms with van der Waals surface area (Å²) in [6.45, 7) is 2.73. The molecule has 1 aliphatic carbocycles. The molecule has 3 N–H and O–H groups in total. The fourth-order valence-corrected chi connectivity index (χ4v) is 5.03. The van der Waals surface area contributed by atoms with Gasteiger partial charge in [0, 0.05) is 32.4 Å². The summed E-state index contributed by atoms with van der Waals surface area (Å²) in [4.78, 5) is 41.1. The highest BCUT2D eigenvalue weighted by molar-refractivity contribution is 5.91. The van der Waals surface area contributed by atoms with Crippen molar-refractivity contribution in [2.75, 3.05) is 26.0 Å². The standard InChI is InChI=1S/C22H29N7O2/c1-13-12-29(15-6-4-5-7-15)19-18(27(2)20(13)30)11-23-21(28(19)3)24-14-8-9-16-17(10-14)26-22(31)25-16/h8-11,13,15,21,24H,4-7,12H2,1-3H3,(H2,25,26,31). The Morgan fingerprint density at radius 1 is 1.10 bits per heavy atom. The van der Waals surface area contributed by atoms with E-state index in [-0.39, 0.29) is 23.8 Å². The maximum atomic E-state index is 12.9. The Bertz CT molecular complexity index is 1120. The molecule has 3 heterocycles. The van der Waals surface area contributed by atoms with E-state index in [1.807, 2.05) is 45.4 Å². The van der Waals surface area contributed by atoms with Crippen LogP contribution in [0.25, 0.3) is 11.0 Å². The van der Waals surface area contributed by atoms with Gasteiger partial charge >= 0.3 is 5.69 Å². The molecular formula is C22H29N7O2.